The zero-order valence-corrected chi connectivity index (χ0v) is 12.0. The molecule has 0 bridgehead atoms. The fraction of sp³-hybridized carbons (Fsp3) is 1.00. The SMILES string of the molecule is CCNC1CCCC1SCCN(CC)CC. The van der Waals surface area contributed by atoms with Crippen molar-refractivity contribution < 1.29 is 0 Å². The summed E-state index contributed by atoms with van der Waals surface area (Å²) in [5.74, 6) is 1.30. The predicted octanol–water partition coefficient (Wildman–Crippen LogP) is 2.59. The molecule has 0 saturated heterocycles. The molecule has 3 heteroatoms. The minimum absolute atomic E-state index is 0.784. The van der Waals surface area contributed by atoms with Crippen molar-refractivity contribution in [2.75, 3.05) is 31.9 Å². The van der Waals surface area contributed by atoms with Crippen LogP contribution in [0.2, 0.25) is 0 Å². The highest BCUT2D eigenvalue weighted by atomic mass is 32.2. The lowest BCUT2D eigenvalue weighted by atomic mass is 10.2. The zero-order valence-electron chi connectivity index (χ0n) is 11.2. The van der Waals surface area contributed by atoms with Crippen LogP contribution in [0.5, 0.6) is 0 Å². The van der Waals surface area contributed by atoms with Crippen LogP contribution in [0.15, 0.2) is 0 Å². The Bertz CT molecular complexity index is 171. The maximum atomic E-state index is 3.63. The number of hydrogen-bond acceptors (Lipinski definition) is 3. The second-order valence-electron chi connectivity index (χ2n) is 4.53. The topological polar surface area (TPSA) is 15.3 Å². The van der Waals surface area contributed by atoms with Gasteiger partial charge in [0, 0.05) is 23.6 Å². The molecule has 96 valence electrons. The normalized spacial score (nSPS) is 25.5. The molecule has 0 radical (unpaired) electrons. The minimum atomic E-state index is 0.784. The lowest BCUT2D eigenvalue weighted by molar-refractivity contribution is 0.323. The number of nitrogens with one attached hydrogen (secondary N) is 1. The maximum Gasteiger partial charge on any atom is 0.0201 e. The summed E-state index contributed by atoms with van der Waals surface area (Å²) in [6.45, 7) is 11.5. The van der Waals surface area contributed by atoms with Gasteiger partial charge in [-0.1, -0.05) is 27.2 Å². The van der Waals surface area contributed by atoms with Crippen molar-refractivity contribution in [2.45, 2.75) is 51.3 Å². The Balaban J connectivity index is 2.16. The van der Waals surface area contributed by atoms with E-state index in [1.807, 2.05) is 0 Å². The first-order valence-electron chi connectivity index (χ1n) is 6.89. The first kappa shape index (κ1) is 14.3. The Labute approximate surface area is 106 Å². The Morgan fingerprint density at radius 2 is 1.94 bits per heavy atom. The van der Waals surface area contributed by atoms with E-state index in [-0.39, 0.29) is 0 Å². The summed E-state index contributed by atoms with van der Waals surface area (Å²) in [4.78, 5) is 2.52. The van der Waals surface area contributed by atoms with Crippen LogP contribution in [0, 0.1) is 0 Å². The van der Waals surface area contributed by atoms with Crippen LogP contribution in [0.25, 0.3) is 0 Å². The summed E-state index contributed by atoms with van der Waals surface area (Å²) >= 11 is 2.19. The van der Waals surface area contributed by atoms with Crippen molar-refractivity contribution in [3.05, 3.63) is 0 Å². The molecular formula is C13H28N2S. The van der Waals surface area contributed by atoms with Gasteiger partial charge in [0.1, 0.15) is 0 Å². The predicted molar refractivity (Wildman–Crippen MR) is 75.3 cm³/mol. The Morgan fingerprint density at radius 3 is 2.56 bits per heavy atom. The van der Waals surface area contributed by atoms with Crippen molar-refractivity contribution >= 4 is 11.8 Å². The molecule has 0 aromatic carbocycles. The van der Waals surface area contributed by atoms with Gasteiger partial charge in [0.25, 0.3) is 0 Å². The van der Waals surface area contributed by atoms with Gasteiger partial charge in [0.05, 0.1) is 0 Å². The second kappa shape index (κ2) is 8.37. The molecule has 2 atom stereocenters. The largest absolute Gasteiger partial charge is 0.313 e. The van der Waals surface area contributed by atoms with Gasteiger partial charge in [0.2, 0.25) is 0 Å². The van der Waals surface area contributed by atoms with Crippen molar-refractivity contribution in [3.8, 4) is 0 Å². The van der Waals surface area contributed by atoms with Crippen LogP contribution in [0.4, 0.5) is 0 Å². The molecule has 1 aliphatic carbocycles. The average Bonchev–Trinajstić information content (AvgIpc) is 2.73. The fourth-order valence-electron chi connectivity index (χ4n) is 2.49. The quantitative estimate of drug-likeness (QED) is 0.706. The van der Waals surface area contributed by atoms with Gasteiger partial charge in [-0.25, -0.2) is 0 Å². The van der Waals surface area contributed by atoms with Crippen molar-refractivity contribution in [2.24, 2.45) is 0 Å². The molecule has 16 heavy (non-hydrogen) atoms. The van der Waals surface area contributed by atoms with Crippen LogP contribution in [0.1, 0.15) is 40.0 Å². The summed E-state index contributed by atoms with van der Waals surface area (Å²) in [5, 5.41) is 4.50. The van der Waals surface area contributed by atoms with Crippen LogP contribution >= 0.6 is 11.8 Å². The molecule has 1 rings (SSSR count). The Hall–Kier alpha value is 0.270. The molecule has 0 aromatic rings. The molecule has 1 saturated carbocycles. The van der Waals surface area contributed by atoms with E-state index >= 15 is 0 Å². The summed E-state index contributed by atoms with van der Waals surface area (Å²) in [6, 6.07) is 0.784. The minimum Gasteiger partial charge on any atom is -0.313 e. The zero-order chi connectivity index (χ0) is 11.8. The number of rotatable bonds is 8. The third-order valence-corrected chi connectivity index (χ3v) is 4.96. The first-order chi connectivity index (χ1) is 7.81. The van der Waals surface area contributed by atoms with Crippen LogP contribution < -0.4 is 5.32 Å². The van der Waals surface area contributed by atoms with E-state index in [0.717, 1.165) is 17.8 Å². The second-order valence-corrected chi connectivity index (χ2v) is 5.88. The van der Waals surface area contributed by atoms with Crippen molar-refractivity contribution in [1.82, 2.24) is 10.2 Å². The summed E-state index contributed by atoms with van der Waals surface area (Å²) in [6.07, 6.45) is 4.22. The Morgan fingerprint density at radius 1 is 1.19 bits per heavy atom. The van der Waals surface area contributed by atoms with Gasteiger partial charge in [-0.15, -0.1) is 0 Å². The molecule has 1 fully saturated rings. The van der Waals surface area contributed by atoms with Gasteiger partial charge in [-0.2, -0.15) is 11.8 Å². The van der Waals surface area contributed by atoms with Crippen molar-refractivity contribution in [3.63, 3.8) is 0 Å². The van der Waals surface area contributed by atoms with Gasteiger partial charge < -0.3 is 10.2 Å². The molecule has 2 unspecified atom stereocenters. The molecule has 1 N–H and O–H groups in total. The third-order valence-electron chi connectivity index (χ3n) is 3.55. The summed E-state index contributed by atoms with van der Waals surface area (Å²) in [7, 11) is 0. The fourth-order valence-corrected chi connectivity index (χ4v) is 3.96. The summed E-state index contributed by atoms with van der Waals surface area (Å²) in [5.41, 5.74) is 0. The molecule has 0 amide bonds. The number of nitrogens with zero attached hydrogens (tertiary/aromatic N) is 1. The monoisotopic (exact) mass is 244 g/mol. The highest BCUT2D eigenvalue weighted by molar-refractivity contribution is 8.00. The Kier molecular flexibility index (Phi) is 7.50. The van der Waals surface area contributed by atoms with Crippen LogP contribution in [-0.2, 0) is 0 Å². The van der Waals surface area contributed by atoms with E-state index < -0.39 is 0 Å². The van der Waals surface area contributed by atoms with Crippen LogP contribution in [0.3, 0.4) is 0 Å². The number of thioether (sulfide) groups is 1. The van der Waals surface area contributed by atoms with Gasteiger partial charge in [-0.3, -0.25) is 0 Å². The standard InChI is InChI=1S/C13H28N2S/c1-4-14-12-8-7-9-13(12)16-11-10-15(5-2)6-3/h12-14H,4-11H2,1-3H3. The van der Waals surface area contributed by atoms with E-state index in [1.54, 1.807) is 0 Å². The van der Waals surface area contributed by atoms with E-state index in [4.69, 9.17) is 0 Å². The van der Waals surface area contributed by atoms with E-state index in [0.29, 0.717) is 0 Å². The lowest BCUT2D eigenvalue weighted by Gasteiger charge is -2.22. The smallest absolute Gasteiger partial charge is 0.0201 e. The summed E-state index contributed by atoms with van der Waals surface area (Å²) < 4.78 is 0. The highest BCUT2D eigenvalue weighted by Crippen LogP contribution is 2.29. The third kappa shape index (κ3) is 4.64. The molecule has 0 aromatic heterocycles. The van der Waals surface area contributed by atoms with Crippen LogP contribution in [-0.4, -0.2) is 48.1 Å². The van der Waals surface area contributed by atoms with E-state index in [9.17, 15) is 0 Å². The molecule has 2 nitrogen and oxygen atoms in total. The molecule has 0 aliphatic heterocycles. The molecular weight excluding hydrogens is 216 g/mol. The average molecular weight is 244 g/mol. The molecule has 0 heterocycles. The van der Waals surface area contributed by atoms with Gasteiger partial charge >= 0.3 is 0 Å². The van der Waals surface area contributed by atoms with E-state index in [2.05, 4.69) is 42.7 Å². The van der Waals surface area contributed by atoms with E-state index in [1.165, 1.54) is 44.6 Å². The van der Waals surface area contributed by atoms with Crippen molar-refractivity contribution in [1.29, 1.82) is 0 Å². The lowest BCUT2D eigenvalue weighted by Crippen LogP contribution is -2.34. The van der Waals surface area contributed by atoms with Gasteiger partial charge in [0.15, 0.2) is 0 Å². The first-order valence-corrected chi connectivity index (χ1v) is 7.94. The number of hydrogen-bond donors (Lipinski definition) is 1. The molecule has 1 aliphatic rings. The van der Waals surface area contributed by atoms with Gasteiger partial charge in [-0.05, 0) is 32.5 Å². The maximum absolute atomic E-state index is 3.63. The molecule has 0 spiro atoms. The highest BCUT2D eigenvalue weighted by Gasteiger charge is 2.26.